The van der Waals surface area contributed by atoms with Crippen molar-refractivity contribution in [3.63, 3.8) is 0 Å². The van der Waals surface area contributed by atoms with Crippen molar-refractivity contribution in [2.24, 2.45) is 0 Å². The Bertz CT molecular complexity index is 868. The van der Waals surface area contributed by atoms with E-state index < -0.39 is 5.60 Å². The molecule has 2 heterocycles. The topological polar surface area (TPSA) is 46.6 Å². The highest BCUT2D eigenvalue weighted by molar-refractivity contribution is 6.10. The van der Waals surface area contributed by atoms with Gasteiger partial charge >= 0.3 is 5.97 Å². The van der Waals surface area contributed by atoms with Crippen molar-refractivity contribution < 1.29 is 14.3 Å². The Balaban J connectivity index is 1.93. The quantitative estimate of drug-likeness (QED) is 0.632. The molecule has 2 aromatic carbocycles. The zero-order chi connectivity index (χ0) is 16.7. The summed E-state index contributed by atoms with van der Waals surface area (Å²) in [6.45, 7) is 0.149. The number of hydrogen-bond acceptors (Lipinski definition) is 3. The number of para-hydroxylation sites is 1. The molecular weight excluding hydrogens is 302 g/mol. The number of terminal acetylenes is 1. The van der Waals surface area contributed by atoms with Crippen LogP contribution < -0.4 is 4.90 Å². The molecule has 0 radical (unpaired) electrons. The molecule has 2 unspecified atom stereocenters. The summed E-state index contributed by atoms with van der Waals surface area (Å²) in [6, 6.07) is 16.9. The number of ether oxygens (including phenoxy) is 1. The van der Waals surface area contributed by atoms with Crippen LogP contribution in [0.5, 0.6) is 0 Å². The lowest BCUT2D eigenvalue weighted by Gasteiger charge is -2.28. The Morgan fingerprint density at radius 3 is 2.58 bits per heavy atom. The van der Waals surface area contributed by atoms with E-state index in [1.54, 1.807) is 0 Å². The molecule has 118 valence electrons. The molecule has 2 aromatic rings. The van der Waals surface area contributed by atoms with E-state index in [9.17, 15) is 9.59 Å². The Morgan fingerprint density at radius 2 is 1.83 bits per heavy atom. The van der Waals surface area contributed by atoms with Gasteiger partial charge in [0, 0.05) is 11.5 Å². The van der Waals surface area contributed by atoms with Crippen LogP contribution in [-0.4, -0.2) is 18.4 Å². The van der Waals surface area contributed by atoms with Crippen LogP contribution in [0.25, 0.3) is 0 Å². The van der Waals surface area contributed by atoms with E-state index >= 15 is 0 Å². The largest absolute Gasteiger partial charge is 0.443 e. The number of carbonyl (C=O) groups is 2. The van der Waals surface area contributed by atoms with Crippen LogP contribution in [0.2, 0.25) is 0 Å². The summed E-state index contributed by atoms with van der Waals surface area (Å²) in [6.07, 6.45) is 5.61. The monoisotopic (exact) mass is 317 g/mol. The third-order valence-corrected chi connectivity index (χ3v) is 4.75. The van der Waals surface area contributed by atoms with Crippen LogP contribution in [0, 0.1) is 12.3 Å². The van der Waals surface area contributed by atoms with E-state index in [1.807, 2.05) is 54.6 Å². The third-order valence-electron chi connectivity index (χ3n) is 4.75. The lowest BCUT2D eigenvalue weighted by atomic mass is 9.78. The van der Waals surface area contributed by atoms with Gasteiger partial charge in [-0.15, -0.1) is 6.42 Å². The van der Waals surface area contributed by atoms with Gasteiger partial charge in [0.05, 0.1) is 18.7 Å². The highest BCUT2D eigenvalue weighted by atomic mass is 16.6. The first-order valence-electron chi connectivity index (χ1n) is 7.80. The summed E-state index contributed by atoms with van der Waals surface area (Å²) < 4.78 is 5.69. The normalized spacial score (nSPS) is 24.8. The van der Waals surface area contributed by atoms with Gasteiger partial charge in [-0.05, 0) is 11.6 Å². The smallest absolute Gasteiger partial charge is 0.308 e. The third kappa shape index (κ3) is 1.82. The van der Waals surface area contributed by atoms with Crippen molar-refractivity contribution >= 4 is 17.6 Å². The number of esters is 1. The molecule has 1 spiro atoms. The van der Waals surface area contributed by atoms with Gasteiger partial charge in [0.2, 0.25) is 5.60 Å². The first-order chi connectivity index (χ1) is 11.7. The maximum atomic E-state index is 13.3. The number of rotatable bonds is 2. The van der Waals surface area contributed by atoms with Gasteiger partial charge in [0.15, 0.2) is 0 Å². The molecule has 1 amide bonds. The van der Waals surface area contributed by atoms with Crippen molar-refractivity contribution in [1.82, 2.24) is 0 Å². The molecule has 1 saturated heterocycles. The lowest BCUT2D eigenvalue weighted by Crippen LogP contribution is -2.43. The fourth-order valence-electron chi connectivity index (χ4n) is 3.77. The average molecular weight is 317 g/mol. The summed E-state index contributed by atoms with van der Waals surface area (Å²) in [5.41, 5.74) is 1.03. The van der Waals surface area contributed by atoms with Gasteiger partial charge in [0.25, 0.3) is 5.91 Å². The molecule has 1 fully saturated rings. The van der Waals surface area contributed by atoms with E-state index in [0.717, 1.165) is 11.3 Å². The maximum Gasteiger partial charge on any atom is 0.308 e. The van der Waals surface area contributed by atoms with Crippen LogP contribution in [-0.2, 0) is 19.9 Å². The second-order valence-electron chi connectivity index (χ2n) is 5.99. The summed E-state index contributed by atoms with van der Waals surface area (Å²) >= 11 is 0. The molecular formula is C20H15NO3. The second-order valence-corrected chi connectivity index (χ2v) is 5.99. The predicted octanol–water partition coefficient (Wildman–Crippen LogP) is 2.59. The van der Waals surface area contributed by atoms with Gasteiger partial charge < -0.3 is 4.74 Å². The molecule has 2 atom stereocenters. The van der Waals surface area contributed by atoms with Crippen LogP contribution in [0.4, 0.5) is 5.69 Å². The molecule has 0 aliphatic carbocycles. The lowest BCUT2D eigenvalue weighted by molar-refractivity contribution is -0.157. The van der Waals surface area contributed by atoms with Crippen molar-refractivity contribution in [3.05, 3.63) is 65.7 Å². The van der Waals surface area contributed by atoms with Crippen LogP contribution in [0.1, 0.15) is 23.5 Å². The van der Waals surface area contributed by atoms with Crippen LogP contribution >= 0.6 is 0 Å². The highest BCUT2D eigenvalue weighted by Crippen LogP contribution is 2.55. The van der Waals surface area contributed by atoms with Crippen molar-refractivity contribution in [3.8, 4) is 12.3 Å². The molecule has 2 aliphatic heterocycles. The number of fused-ring (bicyclic) bond motifs is 2. The summed E-state index contributed by atoms with van der Waals surface area (Å²) in [4.78, 5) is 27.0. The number of amides is 1. The Morgan fingerprint density at radius 1 is 1.12 bits per heavy atom. The summed E-state index contributed by atoms with van der Waals surface area (Å²) in [5, 5.41) is 0. The number of anilines is 1. The molecule has 0 saturated carbocycles. The van der Waals surface area contributed by atoms with Crippen LogP contribution in [0.15, 0.2) is 54.6 Å². The molecule has 2 aliphatic rings. The molecule has 0 aromatic heterocycles. The SMILES string of the molecule is C#CCN1C(=O)C2(OC(=O)CC2c2ccccc2)c2ccccc21. The fraction of sp³-hybridized carbons (Fsp3) is 0.200. The van der Waals surface area contributed by atoms with Crippen molar-refractivity contribution in [2.45, 2.75) is 17.9 Å². The number of carbonyl (C=O) groups excluding carboxylic acids is 2. The second kappa shape index (κ2) is 5.24. The minimum absolute atomic E-state index is 0.149. The molecule has 24 heavy (non-hydrogen) atoms. The summed E-state index contributed by atoms with van der Waals surface area (Å²) in [5.74, 6) is 1.53. The Kier molecular flexibility index (Phi) is 3.17. The first-order valence-corrected chi connectivity index (χ1v) is 7.80. The molecule has 4 nitrogen and oxygen atoms in total. The molecule has 0 bridgehead atoms. The van der Waals surface area contributed by atoms with Gasteiger partial charge in [-0.3, -0.25) is 14.5 Å². The molecule has 4 rings (SSSR count). The van der Waals surface area contributed by atoms with Crippen molar-refractivity contribution in [1.29, 1.82) is 0 Å². The van der Waals surface area contributed by atoms with Gasteiger partial charge in [-0.25, -0.2) is 0 Å². The van der Waals surface area contributed by atoms with Crippen LogP contribution in [0.3, 0.4) is 0 Å². The van der Waals surface area contributed by atoms with Gasteiger partial charge in [-0.2, -0.15) is 0 Å². The van der Waals surface area contributed by atoms with E-state index in [1.165, 1.54) is 4.90 Å². The minimum atomic E-state index is -1.31. The predicted molar refractivity (Wildman–Crippen MR) is 89.2 cm³/mol. The minimum Gasteiger partial charge on any atom is -0.443 e. The maximum absolute atomic E-state index is 13.3. The molecule has 0 N–H and O–H groups in total. The average Bonchev–Trinajstić information content (AvgIpc) is 3.08. The zero-order valence-electron chi connectivity index (χ0n) is 12.9. The summed E-state index contributed by atoms with van der Waals surface area (Å²) in [7, 11) is 0. The van der Waals surface area contributed by atoms with Crippen molar-refractivity contribution in [2.75, 3.05) is 11.4 Å². The number of hydrogen-bond donors (Lipinski definition) is 0. The van der Waals surface area contributed by atoms with Gasteiger partial charge in [-0.1, -0.05) is 54.5 Å². The van der Waals surface area contributed by atoms with E-state index in [0.29, 0.717) is 5.56 Å². The Hall–Kier alpha value is -3.06. The first kappa shape index (κ1) is 14.5. The van der Waals surface area contributed by atoms with E-state index in [2.05, 4.69) is 5.92 Å². The number of nitrogens with zero attached hydrogens (tertiary/aromatic N) is 1. The van der Waals surface area contributed by atoms with E-state index in [-0.39, 0.29) is 30.8 Å². The standard InChI is InChI=1S/C20H15NO3/c1-2-12-21-17-11-7-6-10-15(17)20(19(21)23)16(13-18(22)24-20)14-8-4-3-5-9-14/h1,3-11,16H,12-13H2. The molecule has 4 heteroatoms. The zero-order valence-corrected chi connectivity index (χ0v) is 12.9. The van der Waals surface area contributed by atoms with E-state index in [4.69, 9.17) is 11.2 Å². The Labute approximate surface area is 140 Å². The highest BCUT2D eigenvalue weighted by Gasteiger charge is 2.62. The van der Waals surface area contributed by atoms with Gasteiger partial charge in [0.1, 0.15) is 0 Å². The number of benzene rings is 2. The fourth-order valence-corrected chi connectivity index (χ4v) is 3.77.